The van der Waals surface area contributed by atoms with Crippen LogP contribution < -0.4 is 5.73 Å². The quantitative estimate of drug-likeness (QED) is 0.867. The van der Waals surface area contributed by atoms with Crippen LogP contribution in [0, 0.1) is 0 Å². The van der Waals surface area contributed by atoms with Crippen molar-refractivity contribution < 1.29 is 9.26 Å². The molecule has 0 bridgehead atoms. The standard InChI is InChI=1S/C13H21N3O2/c14-13(6-2-1-3-7-13)9-17-8-11-15-12(18-16-11)10-4-5-10/h10H,1-9,14H2. The van der Waals surface area contributed by atoms with Crippen molar-refractivity contribution in [2.75, 3.05) is 6.61 Å². The first-order valence-corrected chi connectivity index (χ1v) is 6.94. The van der Waals surface area contributed by atoms with E-state index in [1.807, 2.05) is 0 Å². The second-order valence-electron chi connectivity index (χ2n) is 5.74. The smallest absolute Gasteiger partial charge is 0.229 e. The fraction of sp³-hybridized carbons (Fsp3) is 0.846. The number of rotatable bonds is 5. The molecular formula is C13H21N3O2. The Hall–Kier alpha value is -0.940. The van der Waals surface area contributed by atoms with Gasteiger partial charge in [-0.2, -0.15) is 4.98 Å². The highest BCUT2D eigenvalue weighted by Crippen LogP contribution is 2.38. The molecule has 2 N–H and O–H groups in total. The fourth-order valence-electron chi connectivity index (χ4n) is 2.57. The molecule has 1 aromatic rings. The third-order valence-electron chi connectivity index (χ3n) is 3.88. The second kappa shape index (κ2) is 4.97. The zero-order chi connectivity index (χ0) is 12.4. The Bertz CT molecular complexity index is 395. The van der Waals surface area contributed by atoms with Crippen molar-refractivity contribution in [3.05, 3.63) is 11.7 Å². The molecule has 2 aliphatic rings. The Balaban J connectivity index is 1.45. The first-order valence-electron chi connectivity index (χ1n) is 6.94. The molecule has 2 saturated carbocycles. The molecule has 5 heteroatoms. The highest BCUT2D eigenvalue weighted by Gasteiger charge is 2.30. The second-order valence-corrected chi connectivity index (χ2v) is 5.74. The lowest BCUT2D eigenvalue weighted by Crippen LogP contribution is -2.46. The molecular weight excluding hydrogens is 230 g/mol. The molecule has 0 spiro atoms. The monoisotopic (exact) mass is 251 g/mol. The maximum atomic E-state index is 6.30. The normalized spacial score (nSPS) is 23.2. The summed E-state index contributed by atoms with van der Waals surface area (Å²) in [6, 6.07) is 0. The summed E-state index contributed by atoms with van der Waals surface area (Å²) >= 11 is 0. The van der Waals surface area contributed by atoms with Crippen LogP contribution in [0.15, 0.2) is 4.52 Å². The number of nitrogens with two attached hydrogens (primary N) is 1. The molecule has 0 aliphatic heterocycles. The van der Waals surface area contributed by atoms with Crippen LogP contribution in [0.5, 0.6) is 0 Å². The first kappa shape index (κ1) is 12.1. The maximum absolute atomic E-state index is 6.30. The van der Waals surface area contributed by atoms with E-state index in [1.165, 1.54) is 32.1 Å². The van der Waals surface area contributed by atoms with Gasteiger partial charge in [-0.15, -0.1) is 0 Å². The lowest BCUT2D eigenvalue weighted by atomic mass is 9.83. The summed E-state index contributed by atoms with van der Waals surface area (Å²) in [5, 5.41) is 3.93. The lowest BCUT2D eigenvalue weighted by Gasteiger charge is -2.32. The van der Waals surface area contributed by atoms with E-state index >= 15 is 0 Å². The summed E-state index contributed by atoms with van der Waals surface area (Å²) in [4.78, 5) is 4.33. The molecule has 5 nitrogen and oxygen atoms in total. The molecule has 0 saturated heterocycles. The molecule has 2 aliphatic carbocycles. The summed E-state index contributed by atoms with van der Waals surface area (Å²) in [5.74, 6) is 1.93. The zero-order valence-electron chi connectivity index (χ0n) is 10.7. The number of hydrogen-bond donors (Lipinski definition) is 1. The van der Waals surface area contributed by atoms with Gasteiger partial charge in [0.1, 0.15) is 6.61 Å². The van der Waals surface area contributed by atoms with Gasteiger partial charge < -0.3 is 15.0 Å². The molecule has 1 aromatic heterocycles. The molecule has 0 atom stereocenters. The SMILES string of the molecule is NC1(COCc2noc(C3CC3)n2)CCCCC1. The van der Waals surface area contributed by atoms with Crippen molar-refractivity contribution in [3.8, 4) is 0 Å². The summed E-state index contributed by atoms with van der Waals surface area (Å²) in [5.41, 5.74) is 6.16. The third-order valence-corrected chi connectivity index (χ3v) is 3.88. The highest BCUT2D eigenvalue weighted by atomic mass is 16.5. The van der Waals surface area contributed by atoms with Crippen LogP contribution in [0.2, 0.25) is 0 Å². The van der Waals surface area contributed by atoms with E-state index in [2.05, 4.69) is 10.1 Å². The Labute approximate surface area is 107 Å². The summed E-state index contributed by atoms with van der Waals surface area (Å²) in [7, 11) is 0. The number of nitrogens with zero attached hydrogens (tertiary/aromatic N) is 2. The van der Waals surface area contributed by atoms with E-state index in [1.54, 1.807) is 0 Å². The zero-order valence-corrected chi connectivity index (χ0v) is 10.7. The first-order chi connectivity index (χ1) is 8.75. The van der Waals surface area contributed by atoms with Gasteiger partial charge in [-0.1, -0.05) is 24.4 Å². The molecule has 1 heterocycles. The molecule has 0 amide bonds. The highest BCUT2D eigenvalue weighted by molar-refractivity contribution is 5.01. The van der Waals surface area contributed by atoms with Gasteiger partial charge in [0, 0.05) is 11.5 Å². The van der Waals surface area contributed by atoms with E-state index in [4.69, 9.17) is 15.0 Å². The van der Waals surface area contributed by atoms with Gasteiger partial charge in [0.2, 0.25) is 5.89 Å². The minimum Gasteiger partial charge on any atom is -0.371 e. The van der Waals surface area contributed by atoms with Gasteiger partial charge in [-0.25, -0.2) is 0 Å². The molecule has 0 radical (unpaired) electrons. The van der Waals surface area contributed by atoms with Gasteiger partial charge >= 0.3 is 0 Å². The average Bonchev–Trinajstić information content (AvgIpc) is 3.11. The van der Waals surface area contributed by atoms with Gasteiger partial charge in [0.15, 0.2) is 5.82 Å². The Kier molecular flexibility index (Phi) is 3.35. The fourth-order valence-corrected chi connectivity index (χ4v) is 2.57. The molecule has 2 fully saturated rings. The van der Waals surface area contributed by atoms with Crippen molar-refractivity contribution in [1.29, 1.82) is 0 Å². The number of ether oxygens (including phenoxy) is 1. The average molecular weight is 251 g/mol. The lowest BCUT2D eigenvalue weighted by molar-refractivity contribution is 0.0531. The van der Waals surface area contributed by atoms with E-state index in [0.717, 1.165) is 18.7 Å². The maximum Gasteiger partial charge on any atom is 0.229 e. The Morgan fingerprint density at radius 2 is 2.06 bits per heavy atom. The minimum atomic E-state index is -0.138. The Morgan fingerprint density at radius 1 is 1.28 bits per heavy atom. The van der Waals surface area contributed by atoms with E-state index in [9.17, 15) is 0 Å². The topological polar surface area (TPSA) is 74.2 Å². The van der Waals surface area contributed by atoms with Crippen LogP contribution in [0.4, 0.5) is 0 Å². The van der Waals surface area contributed by atoms with Crippen molar-refractivity contribution in [1.82, 2.24) is 10.1 Å². The van der Waals surface area contributed by atoms with Crippen molar-refractivity contribution in [2.24, 2.45) is 5.73 Å². The van der Waals surface area contributed by atoms with Gasteiger partial charge in [-0.05, 0) is 25.7 Å². The molecule has 0 aromatic carbocycles. The number of hydrogen-bond acceptors (Lipinski definition) is 5. The van der Waals surface area contributed by atoms with Crippen molar-refractivity contribution >= 4 is 0 Å². The van der Waals surface area contributed by atoms with E-state index < -0.39 is 0 Å². The predicted molar refractivity (Wildman–Crippen MR) is 65.9 cm³/mol. The molecule has 100 valence electrons. The summed E-state index contributed by atoms with van der Waals surface area (Å²) in [6.07, 6.45) is 8.21. The van der Waals surface area contributed by atoms with E-state index in [-0.39, 0.29) is 5.54 Å². The van der Waals surface area contributed by atoms with Crippen molar-refractivity contribution in [2.45, 2.75) is 63.0 Å². The van der Waals surface area contributed by atoms with Crippen LogP contribution >= 0.6 is 0 Å². The van der Waals surface area contributed by atoms with Crippen LogP contribution in [0.3, 0.4) is 0 Å². The predicted octanol–water partition coefficient (Wildman–Crippen LogP) is 2.13. The van der Waals surface area contributed by atoms with E-state index in [0.29, 0.717) is 25.0 Å². The minimum absolute atomic E-state index is 0.138. The van der Waals surface area contributed by atoms with Gasteiger partial charge in [0.05, 0.1) is 6.61 Å². The molecule has 18 heavy (non-hydrogen) atoms. The molecule has 3 rings (SSSR count). The largest absolute Gasteiger partial charge is 0.371 e. The van der Waals surface area contributed by atoms with Crippen LogP contribution in [-0.2, 0) is 11.3 Å². The third kappa shape index (κ3) is 2.90. The molecule has 0 unspecified atom stereocenters. The summed E-state index contributed by atoms with van der Waals surface area (Å²) in [6.45, 7) is 1.01. The van der Waals surface area contributed by atoms with Crippen LogP contribution in [0.25, 0.3) is 0 Å². The van der Waals surface area contributed by atoms with Crippen LogP contribution in [0.1, 0.15) is 62.6 Å². The van der Waals surface area contributed by atoms with Gasteiger partial charge in [-0.3, -0.25) is 0 Å². The van der Waals surface area contributed by atoms with Crippen LogP contribution in [-0.4, -0.2) is 22.3 Å². The van der Waals surface area contributed by atoms with Crippen molar-refractivity contribution in [3.63, 3.8) is 0 Å². The Morgan fingerprint density at radius 3 is 2.78 bits per heavy atom. The summed E-state index contributed by atoms with van der Waals surface area (Å²) < 4.78 is 10.8. The number of aromatic nitrogens is 2. The van der Waals surface area contributed by atoms with Gasteiger partial charge in [0.25, 0.3) is 0 Å².